The number of nitrogens with zero attached hydrogens (tertiary/aromatic N) is 2. The second-order valence-electron chi connectivity index (χ2n) is 4.97. The van der Waals surface area contributed by atoms with E-state index < -0.39 is 6.10 Å². The smallest absolute Gasteiger partial charge is 0.255 e. The van der Waals surface area contributed by atoms with Crippen LogP contribution in [0.1, 0.15) is 41.7 Å². The van der Waals surface area contributed by atoms with Gasteiger partial charge in [-0.15, -0.1) is 0 Å². The van der Waals surface area contributed by atoms with Crippen LogP contribution in [0.2, 0.25) is 0 Å². The van der Waals surface area contributed by atoms with E-state index in [4.69, 9.17) is 0 Å². The Bertz CT molecular complexity index is 434. The number of hydrogen-bond acceptors (Lipinski definition) is 3. The van der Waals surface area contributed by atoms with Crippen LogP contribution in [-0.4, -0.2) is 40.1 Å². The van der Waals surface area contributed by atoms with Gasteiger partial charge >= 0.3 is 0 Å². The Labute approximate surface area is 108 Å². The predicted molar refractivity (Wildman–Crippen MR) is 69.3 cm³/mol. The summed E-state index contributed by atoms with van der Waals surface area (Å²) in [6.07, 6.45) is 5.07. The van der Waals surface area contributed by atoms with Gasteiger partial charge in [-0.25, -0.2) is 0 Å². The van der Waals surface area contributed by atoms with Crippen LogP contribution < -0.4 is 0 Å². The van der Waals surface area contributed by atoms with Gasteiger partial charge in [0, 0.05) is 18.9 Å². The summed E-state index contributed by atoms with van der Waals surface area (Å²) in [5.74, 6) is -0.0495. The lowest BCUT2D eigenvalue weighted by Crippen LogP contribution is -2.46. The highest BCUT2D eigenvalue weighted by Gasteiger charge is 2.30. The molecule has 4 heteroatoms. The molecule has 0 spiro atoms. The molecule has 1 heterocycles. The van der Waals surface area contributed by atoms with Crippen molar-refractivity contribution in [3.05, 3.63) is 29.6 Å². The summed E-state index contributed by atoms with van der Waals surface area (Å²) in [7, 11) is 1.77. The fourth-order valence-electron chi connectivity index (χ4n) is 2.59. The van der Waals surface area contributed by atoms with Crippen molar-refractivity contribution in [1.29, 1.82) is 0 Å². The van der Waals surface area contributed by atoms with Crippen LogP contribution in [0.4, 0.5) is 0 Å². The molecule has 0 aromatic carbocycles. The van der Waals surface area contributed by atoms with E-state index in [1.807, 2.05) is 6.92 Å². The van der Waals surface area contributed by atoms with Crippen LogP contribution in [0.5, 0.6) is 0 Å². The number of pyridine rings is 1. The van der Waals surface area contributed by atoms with Crippen LogP contribution >= 0.6 is 0 Å². The summed E-state index contributed by atoms with van der Waals surface area (Å²) < 4.78 is 0. The Hall–Kier alpha value is -1.42. The lowest BCUT2D eigenvalue weighted by atomic mass is 9.91. The summed E-state index contributed by atoms with van der Waals surface area (Å²) in [5, 5.41) is 9.99. The van der Waals surface area contributed by atoms with Gasteiger partial charge in [-0.2, -0.15) is 0 Å². The third kappa shape index (κ3) is 2.53. The van der Waals surface area contributed by atoms with Gasteiger partial charge in [-0.3, -0.25) is 9.78 Å². The molecule has 1 amide bonds. The van der Waals surface area contributed by atoms with E-state index in [1.165, 1.54) is 0 Å². The second-order valence-corrected chi connectivity index (χ2v) is 4.97. The van der Waals surface area contributed by atoms with E-state index >= 15 is 0 Å². The van der Waals surface area contributed by atoms with Crippen molar-refractivity contribution >= 4 is 5.91 Å². The molecule has 0 radical (unpaired) electrons. The Morgan fingerprint density at radius 2 is 2.17 bits per heavy atom. The number of hydrogen-bond donors (Lipinski definition) is 1. The number of carbonyl (C=O) groups excluding carboxylic acids is 1. The molecule has 2 atom stereocenters. The minimum Gasteiger partial charge on any atom is -0.391 e. The van der Waals surface area contributed by atoms with Gasteiger partial charge in [0.25, 0.3) is 5.91 Å². The molecule has 1 N–H and O–H groups in total. The Balaban J connectivity index is 2.16. The standard InChI is InChI=1S/C14H20N2O2/c1-10-11(6-5-9-15-10)14(18)16(2)12-7-3-4-8-13(12)17/h5-6,9,12-13,17H,3-4,7-8H2,1-2H3/t12-,13+/m1/s1. The molecule has 0 bridgehead atoms. The largest absolute Gasteiger partial charge is 0.391 e. The molecule has 98 valence electrons. The van der Waals surface area contributed by atoms with Crippen molar-refractivity contribution in [2.24, 2.45) is 0 Å². The summed E-state index contributed by atoms with van der Waals surface area (Å²) in [6.45, 7) is 1.83. The van der Waals surface area contributed by atoms with Gasteiger partial charge in [0.15, 0.2) is 0 Å². The van der Waals surface area contributed by atoms with Gasteiger partial charge in [-0.05, 0) is 31.9 Å². The summed E-state index contributed by atoms with van der Waals surface area (Å²) >= 11 is 0. The maximum atomic E-state index is 12.4. The van der Waals surface area contributed by atoms with Crippen LogP contribution in [-0.2, 0) is 0 Å². The number of aliphatic hydroxyl groups excluding tert-OH is 1. The fraction of sp³-hybridized carbons (Fsp3) is 0.571. The second kappa shape index (κ2) is 5.48. The summed E-state index contributed by atoms with van der Waals surface area (Å²) in [6, 6.07) is 3.49. The van der Waals surface area contributed by atoms with Gasteiger partial charge < -0.3 is 10.0 Å². The van der Waals surface area contributed by atoms with Crippen LogP contribution in [0.3, 0.4) is 0 Å². The Morgan fingerprint density at radius 1 is 1.44 bits per heavy atom. The van der Waals surface area contributed by atoms with Crippen LogP contribution in [0.25, 0.3) is 0 Å². The molecular formula is C14H20N2O2. The molecule has 18 heavy (non-hydrogen) atoms. The average Bonchev–Trinajstić information content (AvgIpc) is 2.38. The topological polar surface area (TPSA) is 53.4 Å². The highest BCUT2D eigenvalue weighted by molar-refractivity contribution is 5.95. The van der Waals surface area contributed by atoms with E-state index in [0.29, 0.717) is 5.56 Å². The quantitative estimate of drug-likeness (QED) is 0.867. The first-order valence-corrected chi connectivity index (χ1v) is 6.48. The van der Waals surface area contributed by atoms with E-state index in [-0.39, 0.29) is 11.9 Å². The molecule has 1 aliphatic rings. The van der Waals surface area contributed by atoms with Crippen LogP contribution in [0.15, 0.2) is 18.3 Å². The third-order valence-electron chi connectivity index (χ3n) is 3.75. The lowest BCUT2D eigenvalue weighted by Gasteiger charge is -2.35. The van der Waals surface area contributed by atoms with Crippen molar-refractivity contribution < 1.29 is 9.90 Å². The minimum absolute atomic E-state index is 0.0495. The molecular weight excluding hydrogens is 228 g/mol. The molecule has 1 aromatic rings. The molecule has 0 saturated heterocycles. The van der Waals surface area contributed by atoms with Gasteiger partial charge in [0.1, 0.15) is 0 Å². The summed E-state index contributed by atoms with van der Waals surface area (Å²) in [4.78, 5) is 18.2. The zero-order valence-electron chi connectivity index (χ0n) is 11.0. The molecule has 1 aliphatic carbocycles. The average molecular weight is 248 g/mol. The first kappa shape index (κ1) is 13.0. The maximum absolute atomic E-state index is 12.4. The highest BCUT2D eigenvalue weighted by Crippen LogP contribution is 2.23. The Kier molecular flexibility index (Phi) is 3.97. The normalized spacial score (nSPS) is 23.7. The van der Waals surface area contributed by atoms with Gasteiger partial charge in [0.2, 0.25) is 0 Å². The number of likely N-dealkylation sites (N-methyl/N-ethyl adjacent to an activating group) is 1. The zero-order chi connectivity index (χ0) is 13.1. The molecule has 1 saturated carbocycles. The number of carbonyl (C=O) groups is 1. The molecule has 2 rings (SSSR count). The molecule has 0 unspecified atom stereocenters. The van der Waals surface area contributed by atoms with Crippen molar-refractivity contribution in [3.8, 4) is 0 Å². The highest BCUT2D eigenvalue weighted by atomic mass is 16.3. The fourth-order valence-corrected chi connectivity index (χ4v) is 2.59. The monoisotopic (exact) mass is 248 g/mol. The number of aliphatic hydroxyl groups is 1. The molecule has 4 nitrogen and oxygen atoms in total. The number of amides is 1. The van der Waals surface area contributed by atoms with E-state index in [2.05, 4.69) is 4.98 Å². The Morgan fingerprint density at radius 3 is 2.83 bits per heavy atom. The lowest BCUT2D eigenvalue weighted by molar-refractivity contribution is 0.0267. The van der Waals surface area contributed by atoms with Gasteiger partial charge in [0.05, 0.1) is 17.7 Å². The van der Waals surface area contributed by atoms with E-state index in [1.54, 1.807) is 30.3 Å². The molecule has 0 aliphatic heterocycles. The van der Waals surface area contributed by atoms with Crippen LogP contribution in [0, 0.1) is 6.92 Å². The first-order chi connectivity index (χ1) is 8.61. The van der Waals surface area contributed by atoms with Crippen molar-refractivity contribution in [2.45, 2.75) is 44.8 Å². The first-order valence-electron chi connectivity index (χ1n) is 6.48. The van der Waals surface area contributed by atoms with Gasteiger partial charge in [-0.1, -0.05) is 12.8 Å². The third-order valence-corrected chi connectivity index (χ3v) is 3.75. The SMILES string of the molecule is Cc1ncccc1C(=O)N(C)[C@@H]1CCCC[C@@H]1O. The zero-order valence-corrected chi connectivity index (χ0v) is 11.0. The van der Waals surface area contributed by atoms with Crippen molar-refractivity contribution in [1.82, 2.24) is 9.88 Å². The predicted octanol–water partition coefficient (Wildman–Crippen LogP) is 1.77. The van der Waals surface area contributed by atoms with Crippen molar-refractivity contribution in [3.63, 3.8) is 0 Å². The van der Waals surface area contributed by atoms with E-state index in [0.717, 1.165) is 31.4 Å². The number of aryl methyl sites for hydroxylation is 1. The maximum Gasteiger partial charge on any atom is 0.255 e. The van der Waals surface area contributed by atoms with Crippen molar-refractivity contribution in [2.75, 3.05) is 7.05 Å². The van der Waals surface area contributed by atoms with E-state index in [9.17, 15) is 9.90 Å². The molecule has 1 fully saturated rings. The number of rotatable bonds is 2. The minimum atomic E-state index is -0.398. The molecule has 1 aromatic heterocycles. The number of aromatic nitrogens is 1. The summed E-state index contributed by atoms with van der Waals surface area (Å²) in [5.41, 5.74) is 1.36.